The molecule has 0 fully saturated rings. The minimum atomic E-state index is -0.719. The first-order chi connectivity index (χ1) is 15.2. The summed E-state index contributed by atoms with van der Waals surface area (Å²) in [5.41, 5.74) is 7.02. The molecule has 0 atom stereocenters. The second-order valence-electron chi connectivity index (χ2n) is 6.34. The van der Waals surface area contributed by atoms with Crippen LogP contribution in [0.25, 0.3) is 0 Å². The number of carbonyl (C=O) groups excluding carboxylic acids is 1. The molecular weight excluding hydrogens is 481 g/mol. The first-order valence-corrected chi connectivity index (χ1v) is 10.0. The van der Waals surface area contributed by atoms with E-state index in [1.165, 1.54) is 36.4 Å². The van der Waals surface area contributed by atoms with Crippen molar-refractivity contribution >= 4 is 52.3 Å². The molecule has 0 radical (unpaired) electrons. The second kappa shape index (κ2) is 10.3. The second-order valence-corrected chi connectivity index (χ2v) is 7.59. The third-order valence-electron chi connectivity index (χ3n) is 4.14. The normalized spacial score (nSPS) is 11.2. The first-order valence-electron chi connectivity index (χ1n) is 8.90. The van der Waals surface area contributed by atoms with Crippen molar-refractivity contribution in [2.24, 2.45) is 10.9 Å². The molecule has 0 spiro atoms. The Morgan fingerprint density at radius 1 is 1.00 bits per heavy atom. The molecule has 0 aliphatic heterocycles. The zero-order valence-corrected chi connectivity index (χ0v) is 18.4. The molecule has 3 aromatic rings. The highest BCUT2D eigenvalue weighted by atomic mass is 35.5. The van der Waals surface area contributed by atoms with Crippen LogP contribution in [-0.4, -0.2) is 16.7 Å². The number of amidine groups is 1. The molecule has 0 aliphatic carbocycles. The molecule has 0 aliphatic rings. The Morgan fingerprint density at radius 2 is 1.72 bits per heavy atom. The Bertz CT molecular complexity index is 1200. The fourth-order valence-corrected chi connectivity index (χ4v) is 3.24. The lowest BCUT2D eigenvalue weighted by molar-refractivity contribution is -0.384. The Kier molecular flexibility index (Phi) is 7.53. The Morgan fingerprint density at radius 3 is 2.34 bits per heavy atom. The lowest BCUT2D eigenvalue weighted by Gasteiger charge is -2.08. The van der Waals surface area contributed by atoms with Crippen LogP contribution in [0.1, 0.15) is 21.5 Å². The van der Waals surface area contributed by atoms with E-state index in [1.807, 2.05) is 0 Å². The Hall–Kier alpha value is -3.33. The van der Waals surface area contributed by atoms with Crippen molar-refractivity contribution in [3.05, 3.63) is 103 Å². The number of halogens is 3. The van der Waals surface area contributed by atoms with E-state index >= 15 is 0 Å². The maximum Gasteiger partial charge on any atom is 0.365 e. The van der Waals surface area contributed by atoms with Crippen molar-refractivity contribution in [2.75, 3.05) is 0 Å². The van der Waals surface area contributed by atoms with Gasteiger partial charge in [0.05, 0.1) is 20.5 Å². The number of ether oxygens (including phenoxy) is 1. The predicted molar refractivity (Wildman–Crippen MR) is 121 cm³/mol. The van der Waals surface area contributed by atoms with Crippen LogP contribution in [0, 0.1) is 10.1 Å². The van der Waals surface area contributed by atoms with E-state index in [0.717, 1.165) is 5.56 Å². The van der Waals surface area contributed by atoms with E-state index in [9.17, 15) is 14.9 Å². The average Bonchev–Trinajstić information content (AvgIpc) is 2.76. The van der Waals surface area contributed by atoms with E-state index in [2.05, 4.69) is 5.16 Å². The lowest BCUT2D eigenvalue weighted by Crippen LogP contribution is -2.15. The molecule has 0 saturated heterocycles. The number of benzene rings is 3. The van der Waals surface area contributed by atoms with E-state index < -0.39 is 10.9 Å². The number of carbonyl (C=O) groups is 1. The number of hydrogen-bond donors (Lipinski definition) is 1. The summed E-state index contributed by atoms with van der Waals surface area (Å²) < 4.78 is 5.57. The number of nitrogens with zero attached hydrogens (tertiary/aromatic N) is 2. The van der Waals surface area contributed by atoms with Gasteiger partial charge in [0.1, 0.15) is 12.4 Å². The third-order valence-corrected chi connectivity index (χ3v) is 4.99. The van der Waals surface area contributed by atoms with Gasteiger partial charge in [-0.3, -0.25) is 10.1 Å². The van der Waals surface area contributed by atoms with Gasteiger partial charge in [-0.1, -0.05) is 52.1 Å². The van der Waals surface area contributed by atoms with Gasteiger partial charge >= 0.3 is 5.97 Å². The highest BCUT2D eigenvalue weighted by Gasteiger charge is 2.12. The molecule has 0 heterocycles. The average molecular weight is 495 g/mol. The lowest BCUT2D eigenvalue weighted by atomic mass is 10.1. The maximum atomic E-state index is 12.2. The number of non-ortho nitro benzene ring substituents is 1. The molecule has 0 amide bonds. The topological polar surface area (TPSA) is 117 Å². The molecule has 2 N–H and O–H groups in total. The fourth-order valence-electron chi connectivity index (χ4n) is 2.51. The molecule has 0 saturated carbocycles. The zero-order valence-electron chi connectivity index (χ0n) is 16.1. The van der Waals surface area contributed by atoms with Gasteiger partial charge in [0, 0.05) is 22.7 Å². The molecule has 0 bridgehead atoms. The smallest absolute Gasteiger partial charge is 0.365 e. The summed E-state index contributed by atoms with van der Waals surface area (Å²) in [7, 11) is 0. The molecule has 8 nitrogen and oxygen atoms in total. The summed E-state index contributed by atoms with van der Waals surface area (Å²) in [5, 5.41) is 15.2. The SMILES string of the molecule is N/C(=N\OC(=O)c1ccc(COc2ccc([N+](=O)[O-])cc2Cl)cc1)c1ccc(Cl)cc1Cl. The third kappa shape index (κ3) is 5.88. The summed E-state index contributed by atoms with van der Waals surface area (Å²) in [5.74, 6) is -0.500. The van der Waals surface area contributed by atoms with Crippen LogP contribution in [0.3, 0.4) is 0 Å². The minimum Gasteiger partial charge on any atom is -0.487 e. The number of oxime groups is 1. The summed E-state index contributed by atoms with van der Waals surface area (Å²) in [4.78, 5) is 27.3. The monoisotopic (exact) mass is 493 g/mol. The predicted octanol–water partition coefficient (Wildman–Crippen LogP) is 5.61. The van der Waals surface area contributed by atoms with Gasteiger partial charge in [0.25, 0.3) is 5.69 Å². The van der Waals surface area contributed by atoms with Crippen molar-refractivity contribution in [2.45, 2.75) is 6.61 Å². The van der Waals surface area contributed by atoms with Crippen molar-refractivity contribution in [1.29, 1.82) is 0 Å². The van der Waals surface area contributed by atoms with Crippen LogP contribution in [0.5, 0.6) is 5.75 Å². The van der Waals surface area contributed by atoms with Crippen LogP contribution < -0.4 is 10.5 Å². The van der Waals surface area contributed by atoms with Gasteiger partial charge in [-0.15, -0.1) is 0 Å². The van der Waals surface area contributed by atoms with Gasteiger partial charge < -0.3 is 15.3 Å². The standard InChI is InChI=1S/C21H14Cl3N3O5/c22-14-5-7-16(17(23)9-14)20(25)26-32-21(28)13-3-1-12(2-4-13)11-31-19-8-6-15(27(29)30)10-18(19)24/h1-10H,11H2,(H2,25,26). The number of rotatable bonds is 7. The molecule has 0 aromatic heterocycles. The highest BCUT2D eigenvalue weighted by molar-refractivity contribution is 6.36. The summed E-state index contributed by atoms with van der Waals surface area (Å²) in [6.07, 6.45) is 0. The number of nitrogens with two attached hydrogens (primary N) is 1. The van der Waals surface area contributed by atoms with Crippen LogP contribution in [0.4, 0.5) is 5.69 Å². The molecular formula is C21H14Cl3N3O5. The number of nitro groups is 1. The highest BCUT2D eigenvalue weighted by Crippen LogP contribution is 2.29. The van der Waals surface area contributed by atoms with Crippen LogP contribution >= 0.6 is 34.8 Å². The Balaban J connectivity index is 1.60. The largest absolute Gasteiger partial charge is 0.487 e. The van der Waals surface area contributed by atoms with Gasteiger partial charge in [0.2, 0.25) is 0 Å². The van der Waals surface area contributed by atoms with E-state index in [1.54, 1.807) is 24.3 Å². The number of nitro benzene ring substituents is 1. The van der Waals surface area contributed by atoms with Crippen molar-refractivity contribution in [1.82, 2.24) is 0 Å². The quantitative estimate of drug-likeness (QED) is 0.150. The molecule has 164 valence electrons. The van der Waals surface area contributed by atoms with Crippen LogP contribution in [0.2, 0.25) is 15.1 Å². The van der Waals surface area contributed by atoms with Crippen molar-refractivity contribution in [3.8, 4) is 5.75 Å². The molecule has 3 rings (SSSR count). The van der Waals surface area contributed by atoms with E-state index in [0.29, 0.717) is 16.3 Å². The molecule has 32 heavy (non-hydrogen) atoms. The van der Waals surface area contributed by atoms with Crippen LogP contribution in [0.15, 0.2) is 65.8 Å². The minimum absolute atomic E-state index is 0.0787. The molecule has 3 aromatic carbocycles. The van der Waals surface area contributed by atoms with E-state index in [-0.39, 0.29) is 33.7 Å². The van der Waals surface area contributed by atoms with Gasteiger partial charge in [-0.05, 0) is 42.0 Å². The summed E-state index contributed by atoms with van der Waals surface area (Å²) >= 11 is 17.9. The molecule has 0 unspecified atom stereocenters. The molecule has 11 heteroatoms. The summed E-state index contributed by atoms with van der Waals surface area (Å²) in [6.45, 7) is 0.132. The van der Waals surface area contributed by atoms with E-state index in [4.69, 9.17) is 50.1 Å². The first kappa shape index (κ1) is 23.3. The zero-order chi connectivity index (χ0) is 23.3. The van der Waals surface area contributed by atoms with Gasteiger partial charge in [-0.25, -0.2) is 4.79 Å². The maximum absolute atomic E-state index is 12.2. The van der Waals surface area contributed by atoms with Gasteiger partial charge in [-0.2, -0.15) is 0 Å². The van der Waals surface area contributed by atoms with Crippen LogP contribution in [-0.2, 0) is 11.4 Å². The fraction of sp³-hybridized carbons (Fsp3) is 0.0476. The van der Waals surface area contributed by atoms with Crippen molar-refractivity contribution < 1.29 is 19.3 Å². The Labute approximate surface area is 197 Å². The van der Waals surface area contributed by atoms with Gasteiger partial charge in [0.15, 0.2) is 5.84 Å². The summed E-state index contributed by atoms with van der Waals surface area (Å²) in [6, 6.07) is 14.9. The van der Waals surface area contributed by atoms with Crippen molar-refractivity contribution in [3.63, 3.8) is 0 Å². The number of hydrogen-bond acceptors (Lipinski definition) is 6.